The molecule has 0 aromatic heterocycles. The Labute approximate surface area is 82.9 Å². The van der Waals surface area contributed by atoms with E-state index in [0.717, 1.165) is 11.8 Å². The summed E-state index contributed by atoms with van der Waals surface area (Å²) in [5.74, 6) is -0.962. The molecule has 0 amide bonds. The van der Waals surface area contributed by atoms with Gasteiger partial charge in [-0.1, -0.05) is 39.5 Å². The summed E-state index contributed by atoms with van der Waals surface area (Å²) in [5, 5.41) is 8.62. The van der Waals surface area contributed by atoms with Gasteiger partial charge in [-0.25, -0.2) is 0 Å². The van der Waals surface area contributed by atoms with Gasteiger partial charge in [0.15, 0.2) is 5.12 Å². The number of carbonyl (C=O) groups is 2. The third kappa shape index (κ3) is 4.93. The summed E-state index contributed by atoms with van der Waals surface area (Å²) in [6, 6.07) is 0. The number of hydrogen-bond acceptors (Lipinski definition) is 3. The van der Waals surface area contributed by atoms with Crippen molar-refractivity contribution < 1.29 is 14.7 Å². The van der Waals surface area contributed by atoms with Crippen molar-refractivity contribution in [2.24, 2.45) is 11.3 Å². The van der Waals surface area contributed by atoms with Crippen molar-refractivity contribution in [1.82, 2.24) is 0 Å². The number of rotatable bonds is 3. The van der Waals surface area contributed by atoms with Crippen LogP contribution in [0.15, 0.2) is 0 Å². The zero-order valence-corrected chi connectivity index (χ0v) is 9.27. The molecule has 1 atom stereocenters. The van der Waals surface area contributed by atoms with Gasteiger partial charge >= 0.3 is 5.97 Å². The normalized spacial score (nSPS) is 13.8. The van der Waals surface area contributed by atoms with E-state index in [1.54, 1.807) is 6.92 Å². The minimum absolute atomic E-state index is 0.0422. The molecule has 0 aliphatic rings. The standard InChI is InChI=1S/C9H16O3S/c1-6(7(10)11)5-13-8(12)9(2,3)4/h6H,5H2,1-4H3,(H,10,11). The molecule has 1 unspecified atom stereocenters. The second-order valence-corrected chi connectivity index (χ2v) is 5.08. The van der Waals surface area contributed by atoms with Gasteiger partial charge in [-0.05, 0) is 0 Å². The molecule has 3 nitrogen and oxygen atoms in total. The molecule has 0 rings (SSSR count). The van der Waals surface area contributed by atoms with Crippen LogP contribution in [0, 0.1) is 11.3 Å². The fraction of sp³-hybridized carbons (Fsp3) is 0.778. The molecule has 0 saturated carbocycles. The summed E-state index contributed by atoms with van der Waals surface area (Å²) in [5.41, 5.74) is -0.386. The summed E-state index contributed by atoms with van der Waals surface area (Å²) in [6.07, 6.45) is 0. The van der Waals surface area contributed by atoms with Gasteiger partial charge < -0.3 is 5.11 Å². The molecule has 0 aromatic carbocycles. The van der Waals surface area contributed by atoms with Crippen LogP contribution in [0.25, 0.3) is 0 Å². The van der Waals surface area contributed by atoms with Crippen LogP contribution in [0.2, 0.25) is 0 Å². The van der Waals surface area contributed by atoms with E-state index in [1.165, 1.54) is 0 Å². The Balaban J connectivity index is 3.91. The lowest BCUT2D eigenvalue weighted by molar-refractivity contribution is -0.140. The van der Waals surface area contributed by atoms with Crippen LogP contribution in [0.3, 0.4) is 0 Å². The lowest BCUT2D eigenvalue weighted by atomic mass is 10.00. The quantitative estimate of drug-likeness (QED) is 0.764. The summed E-state index contributed by atoms with van der Waals surface area (Å²) >= 11 is 1.10. The van der Waals surface area contributed by atoms with Gasteiger partial charge in [-0.3, -0.25) is 9.59 Å². The van der Waals surface area contributed by atoms with Crippen molar-refractivity contribution in [3.63, 3.8) is 0 Å². The number of carbonyl (C=O) groups excluding carboxylic acids is 1. The molecule has 0 aliphatic carbocycles. The number of thioether (sulfide) groups is 1. The van der Waals surface area contributed by atoms with E-state index in [-0.39, 0.29) is 10.5 Å². The smallest absolute Gasteiger partial charge is 0.307 e. The highest BCUT2D eigenvalue weighted by atomic mass is 32.2. The average molecular weight is 204 g/mol. The first kappa shape index (κ1) is 12.5. The van der Waals surface area contributed by atoms with Crippen molar-refractivity contribution in [1.29, 1.82) is 0 Å². The molecule has 0 aromatic rings. The number of carboxylic acids is 1. The Morgan fingerprint density at radius 3 is 2.15 bits per heavy atom. The highest BCUT2D eigenvalue weighted by Crippen LogP contribution is 2.24. The minimum Gasteiger partial charge on any atom is -0.481 e. The molecule has 13 heavy (non-hydrogen) atoms. The molecule has 0 aliphatic heterocycles. The summed E-state index contributed by atoms with van der Waals surface area (Å²) in [4.78, 5) is 21.8. The second-order valence-electron chi connectivity index (χ2n) is 4.09. The molecular weight excluding hydrogens is 188 g/mol. The predicted octanol–water partition coefficient (Wildman–Crippen LogP) is 2.01. The maximum Gasteiger partial charge on any atom is 0.307 e. The minimum atomic E-state index is -0.853. The van der Waals surface area contributed by atoms with Crippen molar-refractivity contribution in [3.8, 4) is 0 Å². The van der Waals surface area contributed by atoms with Crippen LogP contribution < -0.4 is 0 Å². The molecule has 0 fully saturated rings. The summed E-state index contributed by atoms with van der Waals surface area (Å²) in [6.45, 7) is 7.08. The molecule has 4 heteroatoms. The molecule has 1 N–H and O–H groups in total. The number of carboxylic acid groups (broad SMARTS) is 1. The third-order valence-corrected chi connectivity index (χ3v) is 3.04. The lowest BCUT2D eigenvalue weighted by Gasteiger charge is -2.16. The van der Waals surface area contributed by atoms with Crippen LogP contribution >= 0.6 is 11.8 Å². The Morgan fingerprint density at radius 2 is 1.85 bits per heavy atom. The molecule has 76 valence electrons. The third-order valence-electron chi connectivity index (χ3n) is 1.50. The van der Waals surface area contributed by atoms with Gasteiger partial charge in [-0.2, -0.15) is 0 Å². The zero-order chi connectivity index (χ0) is 10.6. The fourth-order valence-electron chi connectivity index (χ4n) is 0.488. The van der Waals surface area contributed by atoms with E-state index in [1.807, 2.05) is 20.8 Å². The highest BCUT2D eigenvalue weighted by molar-refractivity contribution is 8.13. The lowest BCUT2D eigenvalue weighted by Crippen LogP contribution is -2.20. The van der Waals surface area contributed by atoms with Crippen molar-refractivity contribution in [2.45, 2.75) is 27.7 Å². The maximum absolute atomic E-state index is 11.4. The van der Waals surface area contributed by atoms with Gasteiger partial charge in [0.2, 0.25) is 0 Å². The second kappa shape index (κ2) is 4.65. The first-order valence-corrected chi connectivity index (χ1v) is 5.13. The molecule has 0 heterocycles. The maximum atomic E-state index is 11.4. The van der Waals surface area contributed by atoms with E-state index in [9.17, 15) is 9.59 Å². The van der Waals surface area contributed by atoms with E-state index in [2.05, 4.69) is 0 Å². The van der Waals surface area contributed by atoms with Crippen LogP contribution in [0.5, 0.6) is 0 Å². The molecular formula is C9H16O3S. The van der Waals surface area contributed by atoms with Crippen LogP contribution in [0.4, 0.5) is 0 Å². The first-order chi connectivity index (χ1) is 5.75. The average Bonchev–Trinajstić information content (AvgIpc) is 1.97. The fourth-order valence-corrected chi connectivity index (χ4v) is 1.47. The van der Waals surface area contributed by atoms with E-state index in [0.29, 0.717) is 5.75 Å². The van der Waals surface area contributed by atoms with Crippen LogP contribution in [-0.2, 0) is 9.59 Å². The highest BCUT2D eigenvalue weighted by Gasteiger charge is 2.23. The largest absolute Gasteiger partial charge is 0.481 e. The number of hydrogen-bond donors (Lipinski definition) is 1. The van der Waals surface area contributed by atoms with E-state index >= 15 is 0 Å². The Morgan fingerprint density at radius 1 is 1.38 bits per heavy atom. The summed E-state index contributed by atoms with van der Waals surface area (Å²) < 4.78 is 0. The van der Waals surface area contributed by atoms with Gasteiger partial charge in [-0.15, -0.1) is 0 Å². The van der Waals surface area contributed by atoms with Gasteiger partial charge in [0.1, 0.15) is 0 Å². The van der Waals surface area contributed by atoms with E-state index in [4.69, 9.17) is 5.11 Å². The van der Waals surface area contributed by atoms with Crippen molar-refractivity contribution >= 4 is 22.8 Å². The van der Waals surface area contributed by atoms with Gasteiger partial charge in [0.05, 0.1) is 5.92 Å². The van der Waals surface area contributed by atoms with Crippen LogP contribution in [-0.4, -0.2) is 21.9 Å². The molecule has 0 radical (unpaired) electrons. The molecule has 0 spiro atoms. The van der Waals surface area contributed by atoms with E-state index < -0.39 is 11.9 Å². The molecule has 0 saturated heterocycles. The number of aliphatic carboxylic acids is 1. The van der Waals surface area contributed by atoms with Crippen LogP contribution in [0.1, 0.15) is 27.7 Å². The SMILES string of the molecule is CC(CSC(=O)C(C)(C)C)C(=O)O. The van der Waals surface area contributed by atoms with Gasteiger partial charge in [0.25, 0.3) is 0 Å². The predicted molar refractivity (Wildman–Crippen MR) is 53.7 cm³/mol. The summed E-state index contributed by atoms with van der Waals surface area (Å²) in [7, 11) is 0. The topological polar surface area (TPSA) is 54.4 Å². The first-order valence-electron chi connectivity index (χ1n) is 4.15. The van der Waals surface area contributed by atoms with Crippen molar-refractivity contribution in [3.05, 3.63) is 0 Å². The Hall–Kier alpha value is -0.510. The van der Waals surface area contributed by atoms with Crippen molar-refractivity contribution in [2.75, 3.05) is 5.75 Å². The Kier molecular flexibility index (Phi) is 4.47. The van der Waals surface area contributed by atoms with Gasteiger partial charge in [0, 0.05) is 11.2 Å². The zero-order valence-electron chi connectivity index (χ0n) is 8.46. The molecule has 0 bridgehead atoms. The Bertz CT molecular complexity index is 205. The monoisotopic (exact) mass is 204 g/mol.